The molecule has 0 bridgehead atoms. The molecule has 0 atom stereocenters. The van der Waals surface area contributed by atoms with E-state index in [0.717, 1.165) is 25.9 Å². The normalized spacial score (nSPS) is 15.5. The van der Waals surface area contributed by atoms with Crippen LogP contribution < -0.4 is 0 Å². The van der Waals surface area contributed by atoms with E-state index in [1.165, 1.54) is 0 Å². The minimum absolute atomic E-state index is 0.0401. The Bertz CT molecular complexity index is 334. The summed E-state index contributed by atoms with van der Waals surface area (Å²) in [5, 5.41) is 0. The molecule has 0 unspecified atom stereocenters. The molecule has 0 aromatic carbocycles. The molecule has 0 aromatic heterocycles. The lowest BCUT2D eigenvalue weighted by atomic mass is 9.97. The molecule has 3 amide bonds. The summed E-state index contributed by atoms with van der Waals surface area (Å²) in [6.45, 7) is 8.21. The summed E-state index contributed by atoms with van der Waals surface area (Å²) in [6.07, 6.45) is 2.58. The summed E-state index contributed by atoms with van der Waals surface area (Å²) in [6, 6.07) is -0.0401. The highest BCUT2D eigenvalue weighted by molar-refractivity contribution is 5.80. The van der Waals surface area contributed by atoms with Crippen LogP contribution >= 0.6 is 0 Å². The third kappa shape index (κ3) is 3.85. The van der Waals surface area contributed by atoms with Crippen molar-refractivity contribution in [2.24, 2.45) is 0 Å². The van der Waals surface area contributed by atoms with Gasteiger partial charge in [-0.15, -0.1) is 0 Å². The van der Waals surface area contributed by atoms with Crippen LogP contribution in [0.1, 0.15) is 40.0 Å². The van der Waals surface area contributed by atoms with E-state index in [0.29, 0.717) is 13.0 Å². The third-order valence-electron chi connectivity index (χ3n) is 3.70. The van der Waals surface area contributed by atoms with Gasteiger partial charge in [-0.25, -0.2) is 4.79 Å². The van der Waals surface area contributed by atoms with Crippen LogP contribution in [0.5, 0.6) is 0 Å². The molecular formula is C14H27N3O2. The van der Waals surface area contributed by atoms with Gasteiger partial charge in [0.25, 0.3) is 0 Å². The van der Waals surface area contributed by atoms with E-state index in [4.69, 9.17) is 0 Å². The smallest absolute Gasteiger partial charge is 0.319 e. The quantitative estimate of drug-likeness (QED) is 0.781. The fourth-order valence-electron chi connectivity index (χ4n) is 2.61. The lowest BCUT2D eigenvalue weighted by Crippen LogP contribution is -2.53. The second kappa shape index (κ2) is 6.26. The Hall–Kier alpha value is -1.26. The van der Waals surface area contributed by atoms with Crippen LogP contribution in [-0.2, 0) is 4.79 Å². The van der Waals surface area contributed by atoms with Gasteiger partial charge in [0.05, 0.1) is 0 Å². The van der Waals surface area contributed by atoms with Crippen LogP contribution in [0, 0.1) is 0 Å². The molecule has 110 valence electrons. The molecule has 1 aliphatic rings. The second-order valence-electron chi connectivity index (χ2n) is 6.00. The van der Waals surface area contributed by atoms with E-state index in [2.05, 4.69) is 0 Å². The standard InChI is InChI=1S/C14H27N3O2/c1-6-17(13(19)15(4)5)14(2,3)11-12(18)16-9-7-8-10-16/h6-11H2,1-5H3. The number of rotatable bonds is 4. The molecule has 1 fully saturated rings. The van der Waals surface area contributed by atoms with E-state index < -0.39 is 5.54 Å². The van der Waals surface area contributed by atoms with Crippen molar-refractivity contribution >= 4 is 11.9 Å². The number of carbonyl (C=O) groups excluding carboxylic acids is 2. The maximum atomic E-state index is 12.2. The lowest BCUT2D eigenvalue weighted by Gasteiger charge is -2.39. The van der Waals surface area contributed by atoms with Crippen LogP contribution in [0.3, 0.4) is 0 Å². The molecule has 1 rings (SSSR count). The predicted molar refractivity (Wildman–Crippen MR) is 76.0 cm³/mol. The fourth-order valence-corrected chi connectivity index (χ4v) is 2.61. The summed E-state index contributed by atoms with van der Waals surface area (Å²) in [7, 11) is 3.48. The van der Waals surface area contributed by atoms with Crippen LogP contribution in [-0.4, -0.2) is 65.9 Å². The number of hydrogen-bond donors (Lipinski definition) is 0. The second-order valence-corrected chi connectivity index (χ2v) is 6.00. The predicted octanol–water partition coefficient (Wildman–Crippen LogP) is 1.78. The molecule has 0 saturated carbocycles. The molecule has 19 heavy (non-hydrogen) atoms. The number of likely N-dealkylation sites (tertiary alicyclic amines) is 1. The molecule has 1 saturated heterocycles. The molecule has 0 spiro atoms. The van der Waals surface area contributed by atoms with Gasteiger partial charge in [0.1, 0.15) is 0 Å². The molecule has 5 heteroatoms. The van der Waals surface area contributed by atoms with Gasteiger partial charge in [0.15, 0.2) is 0 Å². The molecule has 1 aliphatic heterocycles. The molecule has 1 heterocycles. The van der Waals surface area contributed by atoms with E-state index >= 15 is 0 Å². The van der Waals surface area contributed by atoms with Crippen molar-refractivity contribution in [2.45, 2.75) is 45.6 Å². The molecule has 0 N–H and O–H groups in total. The van der Waals surface area contributed by atoms with Crippen LogP contribution in [0.25, 0.3) is 0 Å². The lowest BCUT2D eigenvalue weighted by molar-refractivity contribution is -0.132. The maximum Gasteiger partial charge on any atom is 0.319 e. The Morgan fingerprint density at radius 2 is 1.68 bits per heavy atom. The van der Waals surface area contributed by atoms with Crippen molar-refractivity contribution in [3.05, 3.63) is 0 Å². The summed E-state index contributed by atoms with van der Waals surface area (Å²) < 4.78 is 0. The van der Waals surface area contributed by atoms with E-state index in [9.17, 15) is 9.59 Å². The van der Waals surface area contributed by atoms with Crippen molar-refractivity contribution < 1.29 is 9.59 Å². The van der Waals surface area contributed by atoms with Crippen LogP contribution in [0.2, 0.25) is 0 Å². The van der Waals surface area contributed by atoms with Gasteiger partial charge in [0.2, 0.25) is 5.91 Å². The Morgan fingerprint density at radius 1 is 1.16 bits per heavy atom. The number of nitrogens with zero attached hydrogens (tertiary/aromatic N) is 3. The Morgan fingerprint density at radius 3 is 2.11 bits per heavy atom. The summed E-state index contributed by atoms with van der Waals surface area (Å²) in [4.78, 5) is 29.6. The molecule has 5 nitrogen and oxygen atoms in total. The van der Waals surface area contributed by atoms with E-state index in [1.54, 1.807) is 23.9 Å². The van der Waals surface area contributed by atoms with Gasteiger partial charge >= 0.3 is 6.03 Å². The average molecular weight is 269 g/mol. The van der Waals surface area contributed by atoms with Crippen molar-refractivity contribution in [1.82, 2.24) is 14.7 Å². The highest BCUT2D eigenvalue weighted by Crippen LogP contribution is 2.22. The number of hydrogen-bond acceptors (Lipinski definition) is 2. The zero-order valence-corrected chi connectivity index (χ0v) is 12.9. The van der Waals surface area contributed by atoms with Gasteiger partial charge in [-0.05, 0) is 33.6 Å². The average Bonchev–Trinajstić information content (AvgIpc) is 2.81. The van der Waals surface area contributed by atoms with E-state index in [1.807, 2.05) is 25.7 Å². The number of carbonyl (C=O) groups is 2. The topological polar surface area (TPSA) is 43.9 Å². The Kier molecular flexibility index (Phi) is 5.20. The Balaban J connectivity index is 2.71. The monoisotopic (exact) mass is 269 g/mol. The van der Waals surface area contributed by atoms with E-state index in [-0.39, 0.29) is 11.9 Å². The van der Waals surface area contributed by atoms with Crippen molar-refractivity contribution in [3.63, 3.8) is 0 Å². The van der Waals surface area contributed by atoms with Crippen LogP contribution in [0.4, 0.5) is 4.79 Å². The van der Waals surface area contributed by atoms with Crippen molar-refractivity contribution in [2.75, 3.05) is 33.7 Å². The summed E-state index contributed by atoms with van der Waals surface area (Å²) in [5.41, 5.74) is -0.449. The van der Waals surface area contributed by atoms with Gasteiger partial charge in [-0.3, -0.25) is 4.79 Å². The molecule has 0 aliphatic carbocycles. The SMILES string of the molecule is CCN(C(=O)N(C)C)C(C)(C)CC(=O)N1CCCC1. The largest absolute Gasteiger partial charge is 0.343 e. The first-order valence-electron chi connectivity index (χ1n) is 7.06. The van der Waals surface area contributed by atoms with Gasteiger partial charge in [-0.1, -0.05) is 0 Å². The third-order valence-corrected chi connectivity index (χ3v) is 3.70. The molecule has 0 aromatic rings. The zero-order valence-electron chi connectivity index (χ0n) is 12.9. The first-order valence-corrected chi connectivity index (χ1v) is 7.06. The minimum atomic E-state index is -0.449. The summed E-state index contributed by atoms with van der Waals surface area (Å²) >= 11 is 0. The maximum absolute atomic E-state index is 12.2. The highest BCUT2D eigenvalue weighted by Gasteiger charge is 2.34. The fraction of sp³-hybridized carbons (Fsp3) is 0.857. The summed E-state index contributed by atoms with van der Waals surface area (Å²) in [5.74, 6) is 0.160. The van der Waals surface area contributed by atoms with Gasteiger partial charge < -0.3 is 14.7 Å². The van der Waals surface area contributed by atoms with Crippen LogP contribution in [0.15, 0.2) is 0 Å². The number of amides is 3. The number of urea groups is 1. The van der Waals surface area contributed by atoms with Crippen molar-refractivity contribution in [1.29, 1.82) is 0 Å². The zero-order chi connectivity index (χ0) is 14.6. The highest BCUT2D eigenvalue weighted by atomic mass is 16.2. The minimum Gasteiger partial charge on any atom is -0.343 e. The van der Waals surface area contributed by atoms with Crippen molar-refractivity contribution in [3.8, 4) is 0 Å². The first-order chi connectivity index (χ1) is 8.79. The Labute approximate surface area is 116 Å². The van der Waals surface area contributed by atoms with Gasteiger partial charge in [0, 0.05) is 45.7 Å². The first kappa shape index (κ1) is 15.8. The molecular weight excluding hydrogens is 242 g/mol. The molecule has 0 radical (unpaired) electrons. The van der Waals surface area contributed by atoms with Gasteiger partial charge in [-0.2, -0.15) is 0 Å².